The first-order valence-corrected chi connectivity index (χ1v) is 8.73. The smallest absolute Gasteiger partial charge is 0.0931 e. The van der Waals surface area contributed by atoms with Gasteiger partial charge in [0.15, 0.2) is 0 Å². The molecule has 120 valence electrons. The van der Waals surface area contributed by atoms with Gasteiger partial charge in [0.25, 0.3) is 0 Å². The molecule has 0 aliphatic carbocycles. The largest absolute Gasteiger partial charge is 0.390 e. The molecule has 1 aliphatic rings. The highest BCUT2D eigenvalue weighted by Crippen LogP contribution is 2.23. The molecule has 3 rings (SSSR count). The van der Waals surface area contributed by atoms with Gasteiger partial charge in [0.1, 0.15) is 0 Å². The topological polar surface area (TPSA) is 44.5 Å². The van der Waals surface area contributed by atoms with Gasteiger partial charge in [-0.05, 0) is 18.2 Å². The summed E-state index contributed by atoms with van der Waals surface area (Å²) in [4.78, 5) is 6.09. The van der Waals surface area contributed by atoms with Crippen molar-refractivity contribution in [3.8, 4) is 0 Å². The van der Waals surface area contributed by atoms with Crippen molar-refractivity contribution in [1.82, 2.24) is 19.6 Å². The van der Waals surface area contributed by atoms with Gasteiger partial charge in [-0.2, -0.15) is 5.10 Å². The molecule has 7 heteroatoms. The van der Waals surface area contributed by atoms with Crippen molar-refractivity contribution < 1.29 is 5.11 Å². The molecule has 0 aromatic carbocycles. The second-order valence-corrected chi connectivity index (χ2v) is 7.46. The minimum atomic E-state index is -0.373. The van der Waals surface area contributed by atoms with Crippen molar-refractivity contribution in [2.75, 3.05) is 32.7 Å². The number of rotatable bonds is 6. The average Bonchev–Trinajstić information content (AvgIpc) is 3.13. The molecule has 0 spiro atoms. The molecule has 22 heavy (non-hydrogen) atoms. The minimum absolute atomic E-state index is 0.373. The number of aliphatic hydroxyl groups excluding tert-OH is 1. The molecule has 2 aromatic rings. The molecule has 1 atom stereocenters. The van der Waals surface area contributed by atoms with E-state index in [1.54, 1.807) is 22.2 Å². The Hall–Kier alpha value is -0.920. The highest BCUT2D eigenvalue weighted by molar-refractivity contribution is 7.16. The van der Waals surface area contributed by atoms with E-state index >= 15 is 0 Å². The summed E-state index contributed by atoms with van der Waals surface area (Å²) in [6.45, 7) is 6.29. The molecule has 1 saturated heterocycles. The van der Waals surface area contributed by atoms with Gasteiger partial charge in [-0.1, -0.05) is 11.6 Å². The summed E-state index contributed by atoms with van der Waals surface area (Å²) in [6.07, 6.45) is 3.25. The number of aliphatic hydroxyl groups is 1. The number of thiophene rings is 1. The molecule has 3 heterocycles. The summed E-state index contributed by atoms with van der Waals surface area (Å²) in [5.74, 6) is 0. The zero-order valence-electron chi connectivity index (χ0n) is 12.4. The van der Waals surface area contributed by atoms with E-state index in [-0.39, 0.29) is 6.10 Å². The van der Waals surface area contributed by atoms with E-state index in [1.807, 2.05) is 18.3 Å². The van der Waals surface area contributed by atoms with Gasteiger partial charge in [0.05, 0.1) is 17.0 Å². The van der Waals surface area contributed by atoms with Crippen molar-refractivity contribution in [2.45, 2.75) is 19.2 Å². The molecule has 1 aliphatic heterocycles. The molecule has 0 amide bonds. The third-order valence-electron chi connectivity index (χ3n) is 3.90. The highest BCUT2D eigenvalue weighted by atomic mass is 35.5. The van der Waals surface area contributed by atoms with Gasteiger partial charge < -0.3 is 5.11 Å². The van der Waals surface area contributed by atoms with E-state index in [0.29, 0.717) is 13.1 Å². The predicted molar refractivity (Wildman–Crippen MR) is 89.3 cm³/mol. The van der Waals surface area contributed by atoms with E-state index in [2.05, 4.69) is 21.0 Å². The van der Waals surface area contributed by atoms with Crippen molar-refractivity contribution >= 4 is 22.9 Å². The van der Waals surface area contributed by atoms with Crippen molar-refractivity contribution in [1.29, 1.82) is 0 Å². The van der Waals surface area contributed by atoms with Gasteiger partial charge in [-0.15, -0.1) is 11.3 Å². The van der Waals surface area contributed by atoms with Crippen LogP contribution in [0.25, 0.3) is 0 Å². The quantitative estimate of drug-likeness (QED) is 0.870. The van der Waals surface area contributed by atoms with E-state index < -0.39 is 0 Å². The number of hydrogen-bond acceptors (Lipinski definition) is 5. The standard InChI is InChI=1S/C15H21ClN4OS/c16-15-3-2-14(22-15)12-19-8-6-18(7-9-19)10-13(21)11-20-5-1-4-17-20/h1-5,13,21H,6-12H2. The lowest BCUT2D eigenvalue weighted by Crippen LogP contribution is -2.48. The molecule has 1 fully saturated rings. The van der Waals surface area contributed by atoms with Crippen LogP contribution >= 0.6 is 22.9 Å². The van der Waals surface area contributed by atoms with Crippen LogP contribution in [0, 0.1) is 0 Å². The molecule has 0 bridgehead atoms. The Balaban J connectivity index is 1.39. The van der Waals surface area contributed by atoms with Crippen LogP contribution in [0.15, 0.2) is 30.6 Å². The molecule has 1 unspecified atom stereocenters. The highest BCUT2D eigenvalue weighted by Gasteiger charge is 2.19. The lowest BCUT2D eigenvalue weighted by atomic mass is 10.2. The van der Waals surface area contributed by atoms with Crippen LogP contribution in [0.4, 0.5) is 0 Å². The van der Waals surface area contributed by atoms with Gasteiger partial charge in [0, 0.05) is 56.5 Å². The molecule has 0 saturated carbocycles. The van der Waals surface area contributed by atoms with Crippen molar-refractivity contribution in [3.63, 3.8) is 0 Å². The van der Waals surface area contributed by atoms with Crippen LogP contribution < -0.4 is 0 Å². The molecular weight excluding hydrogens is 320 g/mol. The Labute approximate surface area is 139 Å². The van der Waals surface area contributed by atoms with Crippen LogP contribution in [-0.2, 0) is 13.1 Å². The second kappa shape index (κ2) is 7.57. The third kappa shape index (κ3) is 4.54. The molecular formula is C15H21ClN4OS. The van der Waals surface area contributed by atoms with E-state index in [1.165, 1.54) is 4.88 Å². The zero-order valence-corrected chi connectivity index (χ0v) is 14.0. The van der Waals surface area contributed by atoms with Gasteiger partial charge in [0.2, 0.25) is 0 Å². The zero-order chi connectivity index (χ0) is 15.4. The fourth-order valence-electron chi connectivity index (χ4n) is 2.77. The minimum Gasteiger partial charge on any atom is -0.390 e. The third-order valence-corrected chi connectivity index (χ3v) is 5.12. The summed E-state index contributed by atoms with van der Waals surface area (Å²) in [7, 11) is 0. The lowest BCUT2D eigenvalue weighted by molar-refractivity contribution is 0.0608. The van der Waals surface area contributed by atoms with Gasteiger partial charge in [-0.3, -0.25) is 14.5 Å². The van der Waals surface area contributed by atoms with Crippen LogP contribution in [0.5, 0.6) is 0 Å². The average molecular weight is 341 g/mol. The number of halogens is 1. The summed E-state index contributed by atoms with van der Waals surface area (Å²) in [5.41, 5.74) is 0. The van der Waals surface area contributed by atoms with E-state index in [4.69, 9.17) is 11.6 Å². The number of hydrogen-bond donors (Lipinski definition) is 1. The Morgan fingerprint density at radius 1 is 1.18 bits per heavy atom. The van der Waals surface area contributed by atoms with Gasteiger partial charge >= 0.3 is 0 Å². The molecule has 1 N–H and O–H groups in total. The van der Waals surface area contributed by atoms with Crippen LogP contribution in [-0.4, -0.2) is 63.5 Å². The molecule has 0 radical (unpaired) electrons. The Kier molecular flexibility index (Phi) is 5.49. The number of nitrogens with zero attached hydrogens (tertiary/aromatic N) is 4. The first-order chi connectivity index (χ1) is 10.7. The fraction of sp³-hybridized carbons (Fsp3) is 0.533. The predicted octanol–water partition coefficient (Wildman–Crippen LogP) is 1.78. The Bertz CT molecular complexity index is 566. The second-order valence-electron chi connectivity index (χ2n) is 5.66. The SMILES string of the molecule is OC(CN1CCN(Cc2ccc(Cl)s2)CC1)Cn1cccn1. The van der Waals surface area contributed by atoms with Crippen LogP contribution in [0.2, 0.25) is 4.34 Å². The lowest BCUT2D eigenvalue weighted by Gasteiger charge is -2.35. The van der Waals surface area contributed by atoms with Crippen LogP contribution in [0.3, 0.4) is 0 Å². The number of piperazine rings is 1. The monoisotopic (exact) mass is 340 g/mol. The Morgan fingerprint density at radius 2 is 1.95 bits per heavy atom. The fourth-order valence-corrected chi connectivity index (χ4v) is 3.90. The first-order valence-electron chi connectivity index (χ1n) is 7.53. The summed E-state index contributed by atoms with van der Waals surface area (Å²) < 4.78 is 2.64. The van der Waals surface area contributed by atoms with Crippen molar-refractivity contribution in [3.05, 3.63) is 39.8 Å². The van der Waals surface area contributed by atoms with E-state index in [9.17, 15) is 5.11 Å². The van der Waals surface area contributed by atoms with Gasteiger partial charge in [-0.25, -0.2) is 0 Å². The number of β-amino-alcohol motifs (C(OH)–C–C–N with tert-alkyl or cyclic N) is 1. The molecule has 5 nitrogen and oxygen atoms in total. The summed E-state index contributed by atoms with van der Waals surface area (Å²) in [5, 5.41) is 14.3. The normalized spacial score (nSPS) is 18.6. The Morgan fingerprint density at radius 3 is 2.59 bits per heavy atom. The summed E-state index contributed by atoms with van der Waals surface area (Å²) >= 11 is 7.63. The van der Waals surface area contributed by atoms with Crippen molar-refractivity contribution in [2.24, 2.45) is 0 Å². The first kappa shape index (κ1) is 16.0. The summed E-state index contributed by atoms with van der Waals surface area (Å²) in [6, 6.07) is 5.94. The maximum Gasteiger partial charge on any atom is 0.0931 e. The molecule has 2 aromatic heterocycles. The maximum atomic E-state index is 10.1. The maximum absolute atomic E-state index is 10.1. The van der Waals surface area contributed by atoms with E-state index in [0.717, 1.165) is 37.1 Å². The number of aromatic nitrogens is 2. The van der Waals surface area contributed by atoms with Crippen LogP contribution in [0.1, 0.15) is 4.88 Å².